The van der Waals surface area contributed by atoms with E-state index in [-0.39, 0.29) is 35.4 Å². The van der Waals surface area contributed by atoms with Crippen molar-refractivity contribution in [1.29, 1.82) is 5.41 Å². The molecule has 1 aromatic carbocycles. The number of primary amides is 1. The molecule has 10 nitrogen and oxygen atoms in total. The quantitative estimate of drug-likeness (QED) is 0.251. The number of anilines is 1. The number of amides is 3. The molecular formula is C23H28N6O4. The van der Waals surface area contributed by atoms with Crippen LogP contribution in [0.25, 0.3) is 0 Å². The fourth-order valence-electron chi connectivity index (χ4n) is 3.35. The predicted molar refractivity (Wildman–Crippen MR) is 125 cm³/mol. The number of carbonyl (C=O) groups excluding carboxylic acids is 3. The second-order valence-corrected chi connectivity index (χ2v) is 7.95. The number of amidine groups is 1. The number of hydrogen-bond acceptors (Lipinski definition) is 6. The van der Waals surface area contributed by atoms with E-state index in [0.29, 0.717) is 37.4 Å². The first-order valence-electron chi connectivity index (χ1n) is 10.7. The van der Waals surface area contributed by atoms with Crippen LogP contribution in [-0.2, 0) is 14.4 Å². The second-order valence-electron chi connectivity index (χ2n) is 7.95. The number of ether oxygens (including phenoxy) is 1. The third kappa shape index (κ3) is 6.76. The van der Waals surface area contributed by atoms with Crippen molar-refractivity contribution in [2.75, 3.05) is 18.4 Å². The van der Waals surface area contributed by atoms with Crippen molar-refractivity contribution in [2.45, 2.75) is 31.8 Å². The average Bonchev–Trinajstić information content (AvgIpc) is 3.64. The first-order chi connectivity index (χ1) is 15.8. The van der Waals surface area contributed by atoms with Gasteiger partial charge in [-0.25, -0.2) is 0 Å². The molecule has 1 aliphatic heterocycles. The third-order valence-electron chi connectivity index (χ3n) is 5.32. The summed E-state index contributed by atoms with van der Waals surface area (Å²) in [6.45, 7) is 4.69. The van der Waals surface area contributed by atoms with E-state index in [1.807, 2.05) is 0 Å². The van der Waals surface area contributed by atoms with Gasteiger partial charge in [-0.05, 0) is 31.1 Å². The standard InChI is InChI=1S/C23H28N6O4/c1-2-20(30)29-10-8-16(9-11-29)33-17-5-3-4-15(12-17)27-18(21(25)22(26)31)13-19(24)28-23(32)14-6-7-14/h2-5,12-14,16,25,27H,1,6-11H2,(H2,26,31)(H2,24,28,32)/b18-13+,25-21?. The average molecular weight is 453 g/mol. The summed E-state index contributed by atoms with van der Waals surface area (Å²) in [7, 11) is 0. The lowest BCUT2D eigenvalue weighted by molar-refractivity contribution is -0.127. The monoisotopic (exact) mass is 452 g/mol. The Bertz CT molecular complexity index is 1020. The molecule has 6 N–H and O–H groups in total. The van der Waals surface area contributed by atoms with Gasteiger partial charge in [0.1, 0.15) is 23.4 Å². The molecule has 0 unspecified atom stereocenters. The molecule has 1 saturated carbocycles. The Morgan fingerprint density at radius 3 is 2.48 bits per heavy atom. The van der Waals surface area contributed by atoms with Gasteiger partial charge in [0.15, 0.2) is 0 Å². The van der Waals surface area contributed by atoms with Gasteiger partial charge in [-0.1, -0.05) is 12.6 Å². The maximum absolute atomic E-state index is 11.9. The van der Waals surface area contributed by atoms with E-state index in [1.54, 1.807) is 29.2 Å². The number of likely N-dealkylation sites (tertiary alicyclic amines) is 1. The molecule has 0 aromatic heterocycles. The normalized spacial score (nSPS) is 17.3. The Morgan fingerprint density at radius 2 is 1.88 bits per heavy atom. The van der Waals surface area contributed by atoms with Crippen LogP contribution in [0.3, 0.4) is 0 Å². The molecule has 10 heteroatoms. The van der Waals surface area contributed by atoms with Gasteiger partial charge in [-0.2, -0.15) is 4.99 Å². The van der Waals surface area contributed by atoms with Gasteiger partial charge in [0, 0.05) is 49.7 Å². The van der Waals surface area contributed by atoms with Gasteiger partial charge in [0.05, 0.1) is 5.70 Å². The van der Waals surface area contributed by atoms with Gasteiger partial charge in [-0.3, -0.25) is 19.8 Å². The minimum Gasteiger partial charge on any atom is -0.490 e. The van der Waals surface area contributed by atoms with E-state index in [1.165, 1.54) is 12.2 Å². The lowest BCUT2D eigenvalue weighted by Crippen LogP contribution is -2.41. The molecule has 33 heavy (non-hydrogen) atoms. The Kier molecular flexibility index (Phi) is 7.60. The first-order valence-corrected chi connectivity index (χ1v) is 10.7. The molecule has 174 valence electrons. The number of piperidine rings is 1. The van der Waals surface area contributed by atoms with E-state index in [2.05, 4.69) is 16.9 Å². The minimum absolute atomic E-state index is 0.0146. The summed E-state index contributed by atoms with van der Waals surface area (Å²) in [4.78, 5) is 40.7. The van der Waals surface area contributed by atoms with Gasteiger partial charge < -0.3 is 26.4 Å². The first kappa shape index (κ1) is 23.7. The zero-order chi connectivity index (χ0) is 24.0. The molecule has 3 amide bonds. The van der Waals surface area contributed by atoms with Crippen LogP contribution in [0.2, 0.25) is 0 Å². The summed E-state index contributed by atoms with van der Waals surface area (Å²) < 4.78 is 6.05. The van der Waals surface area contributed by atoms with Crippen molar-refractivity contribution >= 4 is 35.0 Å². The topological polar surface area (TPSA) is 164 Å². The van der Waals surface area contributed by atoms with Crippen LogP contribution < -0.4 is 21.5 Å². The highest BCUT2D eigenvalue weighted by molar-refractivity contribution is 6.44. The lowest BCUT2D eigenvalue weighted by atomic mass is 10.1. The van der Waals surface area contributed by atoms with Crippen molar-refractivity contribution in [3.63, 3.8) is 0 Å². The fraction of sp³-hybridized carbons (Fsp3) is 0.348. The third-order valence-corrected chi connectivity index (χ3v) is 5.32. The lowest BCUT2D eigenvalue weighted by Gasteiger charge is -2.31. The Hall–Kier alpha value is -3.95. The molecule has 0 radical (unpaired) electrons. The van der Waals surface area contributed by atoms with Crippen LogP contribution in [0, 0.1) is 11.3 Å². The van der Waals surface area contributed by atoms with Crippen LogP contribution in [0.1, 0.15) is 25.7 Å². The molecule has 2 aliphatic rings. The highest BCUT2D eigenvalue weighted by Crippen LogP contribution is 2.30. The molecule has 2 fully saturated rings. The molecule has 1 aromatic rings. The minimum atomic E-state index is -0.955. The van der Waals surface area contributed by atoms with Crippen molar-refractivity contribution < 1.29 is 19.1 Å². The van der Waals surface area contributed by atoms with Gasteiger partial charge in [0.2, 0.25) is 5.91 Å². The maximum Gasteiger partial charge on any atom is 0.268 e. The van der Waals surface area contributed by atoms with E-state index in [4.69, 9.17) is 21.6 Å². The summed E-state index contributed by atoms with van der Waals surface area (Å²) in [6.07, 6.45) is 5.46. The zero-order valence-corrected chi connectivity index (χ0v) is 18.3. The Labute approximate surface area is 191 Å². The van der Waals surface area contributed by atoms with E-state index >= 15 is 0 Å². The second kappa shape index (κ2) is 10.6. The summed E-state index contributed by atoms with van der Waals surface area (Å²) in [5.74, 6) is -0.983. The van der Waals surface area contributed by atoms with E-state index < -0.39 is 11.6 Å². The van der Waals surface area contributed by atoms with Crippen molar-refractivity contribution in [3.05, 3.63) is 48.7 Å². The van der Waals surface area contributed by atoms with Gasteiger partial charge in [0.25, 0.3) is 11.8 Å². The highest BCUT2D eigenvalue weighted by Gasteiger charge is 2.29. The van der Waals surface area contributed by atoms with Crippen LogP contribution in [-0.4, -0.2) is 53.4 Å². The van der Waals surface area contributed by atoms with Gasteiger partial charge in [-0.15, -0.1) is 0 Å². The number of nitrogens with two attached hydrogens (primary N) is 2. The largest absolute Gasteiger partial charge is 0.490 e. The molecule has 0 atom stereocenters. The molecule has 0 spiro atoms. The van der Waals surface area contributed by atoms with Crippen LogP contribution >= 0.6 is 0 Å². The predicted octanol–water partition coefficient (Wildman–Crippen LogP) is 1.34. The Morgan fingerprint density at radius 1 is 1.18 bits per heavy atom. The zero-order valence-electron chi connectivity index (χ0n) is 18.3. The van der Waals surface area contributed by atoms with Crippen molar-refractivity contribution in [2.24, 2.45) is 22.4 Å². The maximum atomic E-state index is 11.9. The van der Waals surface area contributed by atoms with Crippen LogP contribution in [0.15, 0.2) is 53.7 Å². The highest BCUT2D eigenvalue weighted by atomic mass is 16.5. The molecule has 1 heterocycles. The van der Waals surface area contributed by atoms with E-state index in [9.17, 15) is 14.4 Å². The molecule has 3 rings (SSSR count). The van der Waals surface area contributed by atoms with Crippen LogP contribution in [0.4, 0.5) is 5.69 Å². The van der Waals surface area contributed by atoms with E-state index in [0.717, 1.165) is 12.8 Å². The fourth-order valence-corrected chi connectivity index (χ4v) is 3.35. The number of nitrogens with zero attached hydrogens (tertiary/aromatic N) is 2. The smallest absolute Gasteiger partial charge is 0.268 e. The summed E-state index contributed by atoms with van der Waals surface area (Å²) in [6, 6.07) is 6.99. The summed E-state index contributed by atoms with van der Waals surface area (Å²) in [5.41, 5.74) is 11.2. The number of nitrogens with one attached hydrogen (secondary N) is 2. The SMILES string of the molecule is C=CC(=O)N1CCC(Oc2cccc(N/C(=C/C(N)=NC(=O)C3CC3)C(=N)C(N)=O)c2)CC1. The van der Waals surface area contributed by atoms with Crippen LogP contribution in [0.5, 0.6) is 5.75 Å². The number of benzene rings is 1. The van der Waals surface area contributed by atoms with Crippen molar-refractivity contribution in [1.82, 2.24) is 4.90 Å². The van der Waals surface area contributed by atoms with Gasteiger partial charge >= 0.3 is 0 Å². The number of carbonyl (C=O) groups is 3. The molecule has 1 aliphatic carbocycles. The van der Waals surface area contributed by atoms with Crippen molar-refractivity contribution in [3.8, 4) is 5.75 Å². The number of rotatable bonds is 9. The molecule has 1 saturated heterocycles. The Balaban J connectivity index is 1.69. The molecular weight excluding hydrogens is 424 g/mol. The summed E-state index contributed by atoms with van der Waals surface area (Å²) >= 11 is 0. The summed E-state index contributed by atoms with van der Waals surface area (Å²) in [5, 5.41) is 10.9. The number of hydrogen-bond donors (Lipinski definition) is 4. The number of aliphatic imine (C=N–C) groups is 1. The molecule has 0 bridgehead atoms.